The molecule has 1 aromatic heterocycles. The number of nitrogens with one attached hydrogen (secondary N) is 2. The summed E-state index contributed by atoms with van der Waals surface area (Å²) in [4.78, 5) is 23.2. The maximum absolute atomic E-state index is 12.0. The Morgan fingerprint density at radius 3 is 2.39 bits per heavy atom. The molecule has 2 aromatic rings. The number of amides is 2. The molecule has 0 saturated carbocycles. The number of carbonyl (C=O) groups is 2. The predicted octanol–water partition coefficient (Wildman–Crippen LogP) is 3.22. The molecule has 1 aromatic carbocycles. The highest BCUT2D eigenvalue weighted by Crippen LogP contribution is 2.17. The Bertz CT molecular complexity index is 648. The summed E-state index contributed by atoms with van der Waals surface area (Å²) < 4.78 is 4.90. The van der Waals surface area contributed by atoms with Gasteiger partial charge >= 0.3 is 12.0 Å². The number of aliphatic carboxylic acids is 1. The predicted molar refractivity (Wildman–Crippen MR) is 86.5 cm³/mol. The van der Waals surface area contributed by atoms with Gasteiger partial charge in [-0.1, -0.05) is 26.0 Å². The normalized spacial score (nSPS) is 12.0. The molecule has 0 spiro atoms. The Morgan fingerprint density at radius 1 is 1.17 bits per heavy atom. The molecular weight excluding hydrogens is 296 g/mol. The number of anilines is 1. The van der Waals surface area contributed by atoms with Crippen LogP contribution in [0.1, 0.15) is 30.9 Å². The number of rotatable bonds is 6. The van der Waals surface area contributed by atoms with Crippen molar-refractivity contribution in [1.29, 1.82) is 0 Å². The van der Waals surface area contributed by atoms with Crippen LogP contribution in [0.4, 0.5) is 10.5 Å². The number of carboxylic acid groups (broad SMARTS) is 1. The van der Waals surface area contributed by atoms with Gasteiger partial charge in [0.25, 0.3) is 0 Å². The van der Waals surface area contributed by atoms with E-state index in [4.69, 9.17) is 4.42 Å². The smallest absolute Gasteiger partial charge is 0.326 e. The second kappa shape index (κ2) is 7.49. The lowest BCUT2D eigenvalue weighted by Crippen LogP contribution is -2.44. The molecule has 0 radical (unpaired) electrons. The summed E-state index contributed by atoms with van der Waals surface area (Å²) in [6.07, 6.45) is 3.08. The van der Waals surface area contributed by atoms with E-state index in [1.807, 2.05) is 12.1 Å². The monoisotopic (exact) mass is 316 g/mol. The van der Waals surface area contributed by atoms with Gasteiger partial charge in [-0.05, 0) is 35.2 Å². The van der Waals surface area contributed by atoms with Crippen LogP contribution in [0.3, 0.4) is 0 Å². The van der Waals surface area contributed by atoms with Crippen molar-refractivity contribution in [1.82, 2.24) is 5.32 Å². The van der Waals surface area contributed by atoms with Crippen LogP contribution in [-0.4, -0.2) is 23.1 Å². The highest BCUT2D eigenvalue weighted by molar-refractivity contribution is 5.92. The maximum atomic E-state index is 12.0. The molecule has 0 aliphatic carbocycles. The van der Waals surface area contributed by atoms with Gasteiger partial charge in [0.1, 0.15) is 6.04 Å². The van der Waals surface area contributed by atoms with Gasteiger partial charge in [0.2, 0.25) is 0 Å². The number of urea groups is 1. The largest absolute Gasteiger partial charge is 0.480 e. The van der Waals surface area contributed by atoms with Crippen molar-refractivity contribution < 1.29 is 19.1 Å². The van der Waals surface area contributed by atoms with E-state index < -0.39 is 18.0 Å². The fourth-order valence-corrected chi connectivity index (χ4v) is 2.12. The molecule has 6 nitrogen and oxygen atoms in total. The molecular formula is C17H20N2O4. The van der Waals surface area contributed by atoms with Gasteiger partial charge in [0.15, 0.2) is 0 Å². The molecule has 1 unspecified atom stereocenters. The van der Waals surface area contributed by atoms with Gasteiger partial charge in [0.05, 0.1) is 12.5 Å². The molecule has 3 N–H and O–H groups in total. The highest BCUT2D eigenvalue weighted by Gasteiger charge is 2.20. The molecule has 122 valence electrons. The van der Waals surface area contributed by atoms with Gasteiger partial charge in [-0.2, -0.15) is 0 Å². The summed E-state index contributed by atoms with van der Waals surface area (Å²) in [5, 5.41) is 14.3. The molecule has 23 heavy (non-hydrogen) atoms. The molecule has 6 heteroatoms. The number of hydrogen-bond donors (Lipinski definition) is 3. The lowest BCUT2D eigenvalue weighted by Gasteiger charge is -2.15. The molecule has 2 rings (SSSR count). The second-order valence-electron chi connectivity index (χ2n) is 5.60. The van der Waals surface area contributed by atoms with Crippen molar-refractivity contribution in [3.8, 4) is 0 Å². The second-order valence-corrected chi connectivity index (χ2v) is 5.60. The third-order valence-electron chi connectivity index (χ3n) is 3.46. The van der Waals surface area contributed by atoms with Crippen LogP contribution in [0.15, 0.2) is 47.3 Å². The Labute approximate surface area is 134 Å². The molecule has 0 aliphatic rings. The van der Waals surface area contributed by atoms with Crippen LogP contribution in [0.2, 0.25) is 0 Å². The zero-order valence-electron chi connectivity index (χ0n) is 13.1. The molecule has 0 fully saturated rings. The van der Waals surface area contributed by atoms with E-state index in [-0.39, 0.29) is 6.42 Å². The van der Waals surface area contributed by atoms with Crippen molar-refractivity contribution in [2.75, 3.05) is 5.32 Å². The van der Waals surface area contributed by atoms with Gasteiger partial charge in [0, 0.05) is 12.1 Å². The topological polar surface area (TPSA) is 91.6 Å². The van der Waals surface area contributed by atoms with E-state index in [0.717, 1.165) is 0 Å². The molecule has 0 saturated heterocycles. The Balaban J connectivity index is 1.94. The average Bonchev–Trinajstić information content (AvgIpc) is 3.00. The first-order valence-corrected chi connectivity index (χ1v) is 7.37. The zero-order chi connectivity index (χ0) is 16.8. The van der Waals surface area contributed by atoms with Gasteiger partial charge in [-0.25, -0.2) is 9.59 Å². The van der Waals surface area contributed by atoms with E-state index in [0.29, 0.717) is 17.2 Å². The summed E-state index contributed by atoms with van der Waals surface area (Å²) in [5.41, 5.74) is 2.48. The molecule has 1 heterocycles. The number of furan rings is 1. The minimum atomic E-state index is -1.10. The van der Waals surface area contributed by atoms with Crippen LogP contribution in [0.25, 0.3) is 0 Å². The lowest BCUT2D eigenvalue weighted by atomic mass is 10.0. The SMILES string of the molecule is CC(C)c1ccc(NC(=O)NC(Cc2ccoc2)C(=O)O)cc1. The average molecular weight is 316 g/mol. The summed E-state index contributed by atoms with van der Waals surface area (Å²) in [6, 6.07) is 7.53. The molecule has 0 aliphatic heterocycles. The van der Waals surface area contributed by atoms with E-state index in [1.165, 1.54) is 18.1 Å². The van der Waals surface area contributed by atoms with Gasteiger partial charge < -0.3 is 20.2 Å². The van der Waals surface area contributed by atoms with Crippen molar-refractivity contribution >= 4 is 17.7 Å². The number of hydrogen-bond acceptors (Lipinski definition) is 3. The van der Waals surface area contributed by atoms with Crippen LogP contribution in [-0.2, 0) is 11.2 Å². The molecule has 0 bridgehead atoms. The minimum Gasteiger partial charge on any atom is -0.480 e. The van der Waals surface area contributed by atoms with Gasteiger partial charge in [-0.3, -0.25) is 0 Å². The van der Waals surface area contributed by atoms with Crippen LogP contribution >= 0.6 is 0 Å². The van der Waals surface area contributed by atoms with Gasteiger partial charge in [-0.15, -0.1) is 0 Å². The fraction of sp³-hybridized carbons (Fsp3) is 0.294. The third-order valence-corrected chi connectivity index (χ3v) is 3.46. The first-order chi connectivity index (χ1) is 11.0. The van der Waals surface area contributed by atoms with Crippen molar-refractivity contribution in [2.24, 2.45) is 0 Å². The maximum Gasteiger partial charge on any atom is 0.326 e. The summed E-state index contributed by atoms with van der Waals surface area (Å²) in [7, 11) is 0. The van der Waals surface area contributed by atoms with E-state index >= 15 is 0 Å². The molecule has 2 amide bonds. The quantitative estimate of drug-likeness (QED) is 0.763. The highest BCUT2D eigenvalue weighted by atomic mass is 16.4. The standard InChI is InChI=1S/C17H20N2O4/c1-11(2)13-3-5-14(6-4-13)18-17(22)19-15(16(20)21)9-12-7-8-23-10-12/h3-8,10-11,15H,9H2,1-2H3,(H,20,21)(H2,18,19,22). The zero-order valence-corrected chi connectivity index (χ0v) is 13.1. The summed E-state index contributed by atoms with van der Waals surface area (Å²) >= 11 is 0. The van der Waals surface area contributed by atoms with Crippen LogP contribution in [0, 0.1) is 0 Å². The Morgan fingerprint density at radius 2 is 1.87 bits per heavy atom. The van der Waals surface area contributed by atoms with E-state index in [1.54, 1.807) is 18.2 Å². The summed E-state index contributed by atoms with van der Waals surface area (Å²) in [6.45, 7) is 4.17. The van der Waals surface area contributed by atoms with Crippen molar-refractivity contribution in [3.63, 3.8) is 0 Å². The van der Waals surface area contributed by atoms with E-state index in [9.17, 15) is 14.7 Å². The van der Waals surface area contributed by atoms with Crippen molar-refractivity contribution in [3.05, 3.63) is 54.0 Å². The number of carbonyl (C=O) groups excluding carboxylic acids is 1. The fourth-order valence-electron chi connectivity index (χ4n) is 2.12. The Kier molecular flexibility index (Phi) is 5.41. The first-order valence-electron chi connectivity index (χ1n) is 7.37. The third kappa shape index (κ3) is 4.88. The minimum absolute atomic E-state index is 0.158. The molecule has 1 atom stereocenters. The van der Waals surface area contributed by atoms with Crippen LogP contribution in [0.5, 0.6) is 0 Å². The summed E-state index contributed by atoms with van der Waals surface area (Å²) in [5.74, 6) is -0.694. The van der Waals surface area contributed by atoms with E-state index in [2.05, 4.69) is 24.5 Å². The number of benzene rings is 1. The van der Waals surface area contributed by atoms with Crippen molar-refractivity contribution in [2.45, 2.75) is 32.2 Å². The number of carboxylic acids is 1. The first kappa shape index (κ1) is 16.6. The lowest BCUT2D eigenvalue weighted by molar-refractivity contribution is -0.139. The van der Waals surface area contributed by atoms with Crippen LogP contribution < -0.4 is 10.6 Å². The Hall–Kier alpha value is -2.76.